The molecule has 0 bridgehead atoms. The van der Waals surface area contributed by atoms with Gasteiger partial charge in [-0.15, -0.1) is 5.10 Å². The highest BCUT2D eigenvalue weighted by Gasteiger charge is 2.42. The number of rotatable bonds is 5. The van der Waals surface area contributed by atoms with Crippen LogP contribution in [0.2, 0.25) is 0 Å². The molecule has 0 saturated carbocycles. The van der Waals surface area contributed by atoms with Crippen LogP contribution in [0, 0.1) is 18.6 Å². The molecule has 34 heavy (non-hydrogen) atoms. The molecule has 7 nitrogen and oxygen atoms in total. The van der Waals surface area contributed by atoms with E-state index >= 15 is 0 Å². The monoisotopic (exact) mass is 476 g/mol. The molecular formula is C22H17F5N6O. The second-order valence-corrected chi connectivity index (χ2v) is 7.44. The number of hydrogen-bond acceptors (Lipinski definition) is 4. The van der Waals surface area contributed by atoms with Gasteiger partial charge in [-0.1, -0.05) is 5.21 Å². The minimum absolute atomic E-state index is 0.107. The van der Waals surface area contributed by atoms with Crippen LogP contribution in [0.15, 0.2) is 54.7 Å². The Morgan fingerprint density at radius 1 is 0.941 bits per heavy atom. The number of hydrogen-bond donors (Lipinski definition) is 1. The van der Waals surface area contributed by atoms with Crippen LogP contribution >= 0.6 is 0 Å². The van der Waals surface area contributed by atoms with Gasteiger partial charge in [-0.05, 0) is 62.4 Å². The lowest BCUT2D eigenvalue weighted by molar-refractivity contribution is -0.143. The topological polar surface area (TPSA) is 77.6 Å². The Balaban J connectivity index is 1.62. The summed E-state index contributed by atoms with van der Waals surface area (Å²) in [6, 6.07) is 8.97. The van der Waals surface area contributed by atoms with Gasteiger partial charge in [0.05, 0.1) is 23.6 Å². The Bertz CT molecular complexity index is 1330. The average molecular weight is 476 g/mol. The van der Waals surface area contributed by atoms with Crippen molar-refractivity contribution in [1.29, 1.82) is 0 Å². The van der Waals surface area contributed by atoms with Gasteiger partial charge in [0.1, 0.15) is 11.6 Å². The number of aromatic nitrogens is 5. The predicted octanol–water partition coefficient (Wildman–Crippen LogP) is 4.55. The standard InChI is InChI=1S/C22H17F5N6O/c1-12(18-11-28-32(13(18)2)16-7-3-14(23)4-8-16)29-21(34)19-20(22(25,26)27)33(31-30-19)17-9-5-15(24)6-10-17/h3-12H,1-2H3,(H,29,34). The van der Waals surface area contributed by atoms with Crippen LogP contribution in [0.1, 0.15) is 40.4 Å². The molecule has 0 spiro atoms. The zero-order valence-electron chi connectivity index (χ0n) is 17.8. The highest BCUT2D eigenvalue weighted by atomic mass is 19.4. The third-order valence-corrected chi connectivity index (χ3v) is 5.16. The number of nitrogens with zero attached hydrogens (tertiary/aromatic N) is 5. The molecule has 0 aliphatic carbocycles. The fourth-order valence-electron chi connectivity index (χ4n) is 3.48. The van der Waals surface area contributed by atoms with Crippen molar-refractivity contribution < 1.29 is 26.7 Å². The zero-order valence-corrected chi connectivity index (χ0v) is 17.8. The summed E-state index contributed by atoms with van der Waals surface area (Å²) in [6.07, 6.45) is -3.50. The second kappa shape index (κ2) is 8.69. The number of carbonyl (C=O) groups is 1. The molecule has 1 atom stereocenters. The van der Waals surface area contributed by atoms with Crippen molar-refractivity contribution in [3.05, 3.63) is 89.0 Å². The summed E-state index contributed by atoms with van der Waals surface area (Å²) < 4.78 is 69.8. The highest BCUT2D eigenvalue weighted by Crippen LogP contribution is 2.33. The Morgan fingerprint density at radius 2 is 1.47 bits per heavy atom. The molecule has 176 valence electrons. The molecule has 2 aromatic carbocycles. The van der Waals surface area contributed by atoms with Crippen LogP contribution in [-0.2, 0) is 6.18 Å². The van der Waals surface area contributed by atoms with Gasteiger partial charge in [0.2, 0.25) is 0 Å². The normalized spacial score (nSPS) is 12.6. The van der Waals surface area contributed by atoms with E-state index in [1.54, 1.807) is 13.8 Å². The van der Waals surface area contributed by atoms with E-state index in [2.05, 4.69) is 20.7 Å². The molecule has 4 rings (SSSR count). The first kappa shape index (κ1) is 23.1. The van der Waals surface area contributed by atoms with E-state index in [1.165, 1.54) is 35.1 Å². The highest BCUT2D eigenvalue weighted by molar-refractivity contribution is 5.93. The first-order valence-electron chi connectivity index (χ1n) is 9.96. The minimum Gasteiger partial charge on any atom is -0.344 e. The first-order valence-corrected chi connectivity index (χ1v) is 9.96. The van der Waals surface area contributed by atoms with Crippen molar-refractivity contribution in [2.45, 2.75) is 26.1 Å². The molecule has 0 saturated heterocycles. The molecule has 1 N–H and O–H groups in total. The van der Waals surface area contributed by atoms with E-state index in [0.29, 0.717) is 21.6 Å². The first-order chi connectivity index (χ1) is 16.1. The molecular weight excluding hydrogens is 459 g/mol. The van der Waals surface area contributed by atoms with Gasteiger partial charge in [0, 0.05) is 11.3 Å². The van der Waals surface area contributed by atoms with Crippen molar-refractivity contribution in [3.8, 4) is 11.4 Å². The number of benzene rings is 2. The van der Waals surface area contributed by atoms with Gasteiger partial charge < -0.3 is 5.32 Å². The van der Waals surface area contributed by atoms with Gasteiger partial charge in [-0.25, -0.2) is 18.1 Å². The lowest BCUT2D eigenvalue weighted by Crippen LogP contribution is -2.30. The van der Waals surface area contributed by atoms with Gasteiger partial charge in [0.15, 0.2) is 11.4 Å². The summed E-state index contributed by atoms with van der Waals surface area (Å²) in [7, 11) is 0. The number of amides is 1. The molecule has 12 heteroatoms. The largest absolute Gasteiger partial charge is 0.435 e. The van der Waals surface area contributed by atoms with Crippen molar-refractivity contribution in [1.82, 2.24) is 30.1 Å². The molecule has 0 fully saturated rings. The summed E-state index contributed by atoms with van der Waals surface area (Å²) >= 11 is 0. The van der Waals surface area contributed by atoms with Crippen molar-refractivity contribution in [2.75, 3.05) is 0 Å². The maximum atomic E-state index is 13.8. The van der Waals surface area contributed by atoms with Crippen molar-refractivity contribution in [3.63, 3.8) is 0 Å². The lowest BCUT2D eigenvalue weighted by Gasteiger charge is -2.15. The van der Waals surface area contributed by atoms with Crippen molar-refractivity contribution in [2.24, 2.45) is 0 Å². The van der Waals surface area contributed by atoms with E-state index in [9.17, 15) is 26.7 Å². The van der Waals surface area contributed by atoms with E-state index < -0.39 is 41.1 Å². The van der Waals surface area contributed by atoms with E-state index in [-0.39, 0.29) is 5.69 Å². The number of halogens is 5. The summed E-state index contributed by atoms with van der Waals surface area (Å²) in [5.74, 6) is -2.15. The SMILES string of the molecule is Cc1c(C(C)NC(=O)c2nnn(-c3ccc(F)cc3)c2C(F)(F)F)cnn1-c1ccc(F)cc1. The average Bonchev–Trinajstić information content (AvgIpc) is 3.39. The van der Waals surface area contributed by atoms with Crippen LogP contribution in [0.3, 0.4) is 0 Å². The Kier molecular flexibility index (Phi) is 5.90. The quantitative estimate of drug-likeness (QED) is 0.429. The molecule has 2 aromatic heterocycles. The van der Waals surface area contributed by atoms with Crippen molar-refractivity contribution >= 4 is 5.91 Å². The molecule has 4 aromatic rings. The summed E-state index contributed by atoms with van der Waals surface area (Å²) in [6.45, 7) is 3.29. The summed E-state index contributed by atoms with van der Waals surface area (Å²) in [4.78, 5) is 12.8. The molecule has 1 amide bonds. The Morgan fingerprint density at radius 3 is 2.00 bits per heavy atom. The third kappa shape index (κ3) is 4.38. The fraction of sp³-hybridized carbons (Fsp3) is 0.182. The molecule has 0 radical (unpaired) electrons. The van der Waals surface area contributed by atoms with E-state index in [1.807, 2.05) is 0 Å². The Hall–Kier alpha value is -4.09. The molecule has 1 unspecified atom stereocenters. The van der Waals surface area contributed by atoms with E-state index in [4.69, 9.17) is 0 Å². The van der Waals surface area contributed by atoms with Gasteiger partial charge in [-0.3, -0.25) is 4.79 Å². The molecule has 0 aliphatic rings. The van der Waals surface area contributed by atoms with E-state index in [0.717, 1.165) is 24.3 Å². The maximum Gasteiger partial charge on any atom is 0.435 e. The Labute approximate surface area is 189 Å². The lowest BCUT2D eigenvalue weighted by atomic mass is 10.1. The fourth-order valence-corrected chi connectivity index (χ4v) is 3.48. The zero-order chi connectivity index (χ0) is 24.6. The molecule has 0 aliphatic heterocycles. The van der Waals surface area contributed by atoms with Gasteiger partial charge in [-0.2, -0.15) is 18.3 Å². The van der Waals surface area contributed by atoms with Crippen LogP contribution in [0.4, 0.5) is 22.0 Å². The summed E-state index contributed by atoms with van der Waals surface area (Å²) in [5, 5.41) is 13.6. The number of nitrogens with one attached hydrogen (secondary N) is 1. The maximum absolute atomic E-state index is 13.8. The van der Waals surface area contributed by atoms with Gasteiger partial charge >= 0.3 is 6.18 Å². The third-order valence-electron chi connectivity index (χ3n) is 5.16. The van der Waals surface area contributed by atoms with Gasteiger partial charge in [0.25, 0.3) is 5.91 Å². The van der Waals surface area contributed by atoms with Crippen LogP contribution in [-0.4, -0.2) is 30.7 Å². The minimum atomic E-state index is -4.96. The number of alkyl halides is 3. The van der Waals surface area contributed by atoms with Crippen LogP contribution in [0.25, 0.3) is 11.4 Å². The van der Waals surface area contributed by atoms with Crippen LogP contribution < -0.4 is 5.32 Å². The predicted molar refractivity (Wildman–Crippen MR) is 110 cm³/mol. The molecule has 2 heterocycles. The summed E-state index contributed by atoms with van der Waals surface area (Å²) in [5.41, 5.74) is -0.701. The number of carbonyl (C=O) groups excluding carboxylic acids is 1. The smallest absolute Gasteiger partial charge is 0.344 e. The second-order valence-electron chi connectivity index (χ2n) is 7.44. The van der Waals surface area contributed by atoms with Crippen LogP contribution in [0.5, 0.6) is 0 Å².